The van der Waals surface area contributed by atoms with Crippen LogP contribution < -0.4 is 0 Å². The summed E-state index contributed by atoms with van der Waals surface area (Å²) in [6, 6.07) is 7.07. The second kappa shape index (κ2) is 9.40. The van der Waals surface area contributed by atoms with Gasteiger partial charge in [0.15, 0.2) is 0 Å². The molecule has 1 aliphatic rings. The monoisotopic (exact) mass is 396 g/mol. The second-order valence-electron chi connectivity index (χ2n) is 5.68. The van der Waals surface area contributed by atoms with Gasteiger partial charge in [-0.1, -0.05) is 10.3 Å². The summed E-state index contributed by atoms with van der Waals surface area (Å²) < 4.78 is 7.64. The van der Waals surface area contributed by atoms with E-state index in [1.165, 1.54) is 18.6 Å². The molecule has 0 spiro atoms. The molecule has 25 heavy (non-hydrogen) atoms. The predicted molar refractivity (Wildman–Crippen MR) is 104 cm³/mol. The molecule has 134 valence electrons. The lowest BCUT2D eigenvalue weighted by Crippen LogP contribution is -2.22. The number of aromatic amines is 1. The van der Waals surface area contributed by atoms with Crippen molar-refractivity contribution in [2.75, 3.05) is 23.0 Å². The van der Waals surface area contributed by atoms with Crippen molar-refractivity contribution < 1.29 is 9.53 Å². The molecule has 6 nitrogen and oxygen atoms in total. The van der Waals surface area contributed by atoms with Crippen LogP contribution >= 0.6 is 35.7 Å². The summed E-state index contributed by atoms with van der Waals surface area (Å²) in [5, 5.41) is 10.1. The zero-order valence-electron chi connectivity index (χ0n) is 13.7. The molecule has 1 fully saturated rings. The van der Waals surface area contributed by atoms with Gasteiger partial charge < -0.3 is 4.74 Å². The first-order valence-corrected chi connectivity index (χ1v) is 10.9. The molecule has 1 atom stereocenters. The number of rotatable bonds is 3. The minimum absolute atomic E-state index is 0.0202. The number of carbonyl (C=O) groups excluding carboxylic acids is 1. The van der Waals surface area contributed by atoms with Gasteiger partial charge in [-0.2, -0.15) is 28.7 Å². The summed E-state index contributed by atoms with van der Waals surface area (Å²) in [4.78, 5) is 12.4. The number of tetrazole rings is 1. The first-order valence-electron chi connectivity index (χ1n) is 8.21. The van der Waals surface area contributed by atoms with Crippen LogP contribution in [0.2, 0.25) is 0 Å². The Balaban J connectivity index is 1.61. The van der Waals surface area contributed by atoms with Crippen molar-refractivity contribution in [1.82, 2.24) is 20.2 Å². The Bertz CT molecular complexity index is 734. The van der Waals surface area contributed by atoms with Gasteiger partial charge >= 0.3 is 5.97 Å². The van der Waals surface area contributed by atoms with Crippen molar-refractivity contribution in [3.05, 3.63) is 34.6 Å². The van der Waals surface area contributed by atoms with Gasteiger partial charge in [-0.3, -0.25) is 0 Å². The van der Waals surface area contributed by atoms with Crippen LogP contribution in [0.4, 0.5) is 0 Å². The largest absolute Gasteiger partial charge is 0.458 e. The van der Waals surface area contributed by atoms with Gasteiger partial charge in [0.25, 0.3) is 0 Å². The molecule has 0 saturated carbocycles. The number of aromatic nitrogens is 4. The van der Waals surface area contributed by atoms with E-state index in [4.69, 9.17) is 17.0 Å². The number of hydrogen-bond acceptors (Lipinski definition) is 7. The van der Waals surface area contributed by atoms with Gasteiger partial charge in [-0.15, -0.1) is 0 Å². The van der Waals surface area contributed by atoms with E-state index in [1.807, 2.05) is 23.5 Å². The smallest absolute Gasteiger partial charge is 0.338 e. The van der Waals surface area contributed by atoms with Crippen molar-refractivity contribution in [2.45, 2.75) is 25.4 Å². The molecule has 0 bridgehead atoms. The number of thioether (sulfide) groups is 2. The molecule has 9 heteroatoms. The first kappa shape index (κ1) is 18.5. The summed E-state index contributed by atoms with van der Waals surface area (Å²) in [5.74, 6) is 3.99. The fraction of sp³-hybridized carbons (Fsp3) is 0.500. The van der Waals surface area contributed by atoms with Crippen LogP contribution in [0.3, 0.4) is 0 Å². The summed E-state index contributed by atoms with van der Waals surface area (Å²) in [7, 11) is 0. The van der Waals surface area contributed by atoms with Crippen LogP contribution in [0.5, 0.6) is 0 Å². The molecule has 0 radical (unpaired) electrons. The Morgan fingerprint density at radius 1 is 1.20 bits per heavy atom. The highest BCUT2D eigenvalue weighted by atomic mass is 32.2. The molecule has 1 aromatic carbocycles. The summed E-state index contributed by atoms with van der Waals surface area (Å²) >= 11 is 8.90. The minimum Gasteiger partial charge on any atom is -0.458 e. The molecule has 1 aromatic heterocycles. The van der Waals surface area contributed by atoms with Crippen molar-refractivity contribution in [3.63, 3.8) is 0 Å². The summed E-state index contributed by atoms with van der Waals surface area (Å²) in [5.41, 5.74) is 1.31. The topological polar surface area (TPSA) is 72.8 Å². The molecule has 0 amide bonds. The average Bonchev–Trinajstić information content (AvgIpc) is 3.06. The molecule has 1 saturated heterocycles. The number of H-pyrrole nitrogens is 1. The fourth-order valence-corrected chi connectivity index (χ4v) is 4.75. The van der Waals surface area contributed by atoms with Crippen molar-refractivity contribution >= 4 is 41.7 Å². The zero-order valence-corrected chi connectivity index (χ0v) is 16.2. The number of benzene rings is 1. The van der Waals surface area contributed by atoms with E-state index in [9.17, 15) is 4.79 Å². The molecule has 1 unspecified atom stereocenters. The van der Waals surface area contributed by atoms with E-state index >= 15 is 0 Å². The lowest BCUT2D eigenvalue weighted by molar-refractivity contribution is 0.0346. The summed E-state index contributed by atoms with van der Waals surface area (Å²) in [6.07, 6.45) is 3.42. The van der Waals surface area contributed by atoms with Crippen LogP contribution in [0.15, 0.2) is 24.3 Å². The standard InChI is InChI=1S/C16H20N4O2S3/c21-15(22-14-7-10-24-8-1-2-9-25-11-14)12-3-5-13(6-4-12)20-16(23)17-18-19-20/h3-6,14H,1-2,7-11H2,(H,17,19,23). The highest BCUT2D eigenvalue weighted by molar-refractivity contribution is 7.99. The van der Waals surface area contributed by atoms with Gasteiger partial charge in [-0.25, -0.2) is 9.48 Å². The van der Waals surface area contributed by atoms with Crippen molar-refractivity contribution in [1.29, 1.82) is 0 Å². The lowest BCUT2D eigenvalue weighted by Gasteiger charge is -2.19. The Morgan fingerprint density at radius 2 is 1.96 bits per heavy atom. The maximum absolute atomic E-state index is 12.4. The van der Waals surface area contributed by atoms with E-state index in [-0.39, 0.29) is 12.1 Å². The van der Waals surface area contributed by atoms with E-state index in [0.717, 1.165) is 29.4 Å². The minimum atomic E-state index is -0.273. The highest BCUT2D eigenvalue weighted by Crippen LogP contribution is 2.19. The normalized spacial score (nSPS) is 19.3. The number of carbonyl (C=O) groups is 1. The molecule has 3 rings (SSSR count). The van der Waals surface area contributed by atoms with Gasteiger partial charge in [0.05, 0.1) is 11.3 Å². The van der Waals surface area contributed by atoms with Crippen LogP contribution in [-0.4, -0.2) is 55.3 Å². The van der Waals surface area contributed by atoms with E-state index in [1.54, 1.807) is 28.9 Å². The predicted octanol–water partition coefficient (Wildman–Crippen LogP) is 3.50. The SMILES string of the molecule is O=C(OC1CCSCCCCSC1)c1ccc(-n2[nH]nnc2=S)cc1. The quantitative estimate of drug-likeness (QED) is 0.629. The van der Waals surface area contributed by atoms with Gasteiger partial charge in [0.2, 0.25) is 4.77 Å². The van der Waals surface area contributed by atoms with Gasteiger partial charge in [0, 0.05) is 5.75 Å². The first-order chi connectivity index (χ1) is 12.2. The second-order valence-corrected chi connectivity index (χ2v) is 8.41. The number of nitrogens with zero attached hydrogens (tertiary/aromatic N) is 3. The fourth-order valence-electron chi connectivity index (χ4n) is 2.45. The van der Waals surface area contributed by atoms with Crippen LogP contribution in [-0.2, 0) is 4.74 Å². The number of hydrogen-bond donors (Lipinski definition) is 1. The number of esters is 1. The molecular formula is C16H20N4O2S3. The van der Waals surface area contributed by atoms with Gasteiger partial charge in [0.1, 0.15) is 6.10 Å². The van der Waals surface area contributed by atoms with E-state index < -0.39 is 0 Å². The van der Waals surface area contributed by atoms with Crippen LogP contribution in [0.25, 0.3) is 5.69 Å². The van der Waals surface area contributed by atoms with E-state index in [0.29, 0.717) is 10.3 Å². The average molecular weight is 397 g/mol. The van der Waals surface area contributed by atoms with Crippen LogP contribution in [0.1, 0.15) is 29.6 Å². The van der Waals surface area contributed by atoms with Crippen LogP contribution in [0, 0.1) is 4.77 Å². The van der Waals surface area contributed by atoms with E-state index in [2.05, 4.69) is 15.5 Å². The zero-order chi connectivity index (χ0) is 17.5. The Labute approximate surface area is 160 Å². The molecule has 1 N–H and O–H groups in total. The number of nitrogens with one attached hydrogen (secondary N) is 1. The van der Waals surface area contributed by atoms with Gasteiger partial charge in [-0.05, 0) is 73.0 Å². The van der Waals surface area contributed by atoms with Crippen molar-refractivity contribution in [3.8, 4) is 5.69 Å². The van der Waals surface area contributed by atoms with Crippen molar-refractivity contribution in [2.24, 2.45) is 0 Å². The third kappa shape index (κ3) is 5.32. The highest BCUT2D eigenvalue weighted by Gasteiger charge is 2.17. The molecule has 2 aromatic rings. The lowest BCUT2D eigenvalue weighted by atomic mass is 10.2. The molecule has 2 heterocycles. The third-order valence-electron chi connectivity index (χ3n) is 3.82. The maximum atomic E-state index is 12.4. The Morgan fingerprint density at radius 3 is 2.68 bits per heavy atom. The maximum Gasteiger partial charge on any atom is 0.338 e. The Kier molecular flexibility index (Phi) is 6.94. The summed E-state index contributed by atoms with van der Waals surface area (Å²) in [6.45, 7) is 0. The molecule has 0 aliphatic carbocycles. The molecule has 1 aliphatic heterocycles. The number of ether oxygens (including phenoxy) is 1. The molecular weight excluding hydrogens is 376 g/mol. The Hall–Kier alpha value is -1.32. The third-order valence-corrected chi connectivity index (χ3v) is 6.37.